The highest BCUT2D eigenvalue weighted by molar-refractivity contribution is 7.99. The van der Waals surface area contributed by atoms with Crippen molar-refractivity contribution in [1.29, 1.82) is 5.41 Å². The lowest BCUT2D eigenvalue weighted by molar-refractivity contribution is 0.464. The molecule has 0 bridgehead atoms. The van der Waals surface area contributed by atoms with Crippen LogP contribution >= 0.6 is 11.8 Å². The van der Waals surface area contributed by atoms with Crippen LogP contribution in [0.2, 0.25) is 0 Å². The monoisotopic (exact) mass is 230 g/mol. The molecule has 0 aliphatic heterocycles. The van der Waals surface area contributed by atoms with Gasteiger partial charge in [-0.15, -0.1) is 0 Å². The van der Waals surface area contributed by atoms with Crippen LogP contribution in [0.1, 0.15) is 47.0 Å². The van der Waals surface area contributed by atoms with Crippen LogP contribution in [0.5, 0.6) is 0 Å². The van der Waals surface area contributed by atoms with Gasteiger partial charge in [-0.05, 0) is 30.3 Å². The molecule has 0 radical (unpaired) electrons. The number of hydrogen-bond acceptors (Lipinski definition) is 2. The molecule has 0 aromatic rings. The van der Waals surface area contributed by atoms with E-state index in [0.29, 0.717) is 5.84 Å². The molecule has 1 unspecified atom stereocenters. The molecule has 3 N–H and O–H groups in total. The predicted octanol–water partition coefficient (Wildman–Crippen LogP) is 3.51. The van der Waals surface area contributed by atoms with Gasteiger partial charge in [0.1, 0.15) is 0 Å². The van der Waals surface area contributed by atoms with Crippen molar-refractivity contribution in [2.45, 2.75) is 47.0 Å². The molecule has 2 nitrogen and oxygen atoms in total. The Balaban J connectivity index is 3.51. The molecule has 3 heteroatoms. The van der Waals surface area contributed by atoms with Crippen molar-refractivity contribution in [3.8, 4) is 0 Å². The summed E-state index contributed by atoms with van der Waals surface area (Å²) in [6, 6.07) is 0. The standard InChI is InChI=1S/C12H26N2S/c1-5-10(2)9-15-8-6-7-12(3,4)11(13)14/h10H,5-9H2,1-4H3,(H3,13,14). The van der Waals surface area contributed by atoms with Gasteiger partial charge in [-0.2, -0.15) is 11.8 Å². The van der Waals surface area contributed by atoms with Crippen LogP contribution in [0.3, 0.4) is 0 Å². The number of nitrogens with two attached hydrogens (primary N) is 1. The van der Waals surface area contributed by atoms with Crippen LogP contribution in [0.25, 0.3) is 0 Å². The van der Waals surface area contributed by atoms with Gasteiger partial charge in [-0.25, -0.2) is 0 Å². The Labute approximate surface area is 98.9 Å². The van der Waals surface area contributed by atoms with Gasteiger partial charge in [0.15, 0.2) is 0 Å². The zero-order valence-corrected chi connectivity index (χ0v) is 11.4. The van der Waals surface area contributed by atoms with Crippen LogP contribution in [0.15, 0.2) is 0 Å². The molecule has 0 aromatic heterocycles. The summed E-state index contributed by atoms with van der Waals surface area (Å²) < 4.78 is 0. The quantitative estimate of drug-likeness (QED) is 0.381. The topological polar surface area (TPSA) is 49.9 Å². The van der Waals surface area contributed by atoms with Gasteiger partial charge in [0.25, 0.3) is 0 Å². The predicted molar refractivity (Wildman–Crippen MR) is 71.7 cm³/mol. The Kier molecular flexibility index (Phi) is 7.07. The van der Waals surface area contributed by atoms with E-state index in [2.05, 4.69) is 27.7 Å². The van der Waals surface area contributed by atoms with Crippen molar-refractivity contribution in [1.82, 2.24) is 0 Å². The molecule has 0 amide bonds. The van der Waals surface area contributed by atoms with E-state index in [1.807, 2.05) is 11.8 Å². The van der Waals surface area contributed by atoms with Crippen molar-refractivity contribution in [3.05, 3.63) is 0 Å². The SMILES string of the molecule is CCC(C)CSCCCC(C)(C)C(=N)N. The lowest BCUT2D eigenvalue weighted by Gasteiger charge is -2.22. The third-order valence-electron chi connectivity index (χ3n) is 2.92. The lowest BCUT2D eigenvalue weighted by atomic mass is 9.87. The van der Waals surface area contributed by atoms with Crippen LogP contribution < -0.4 is 5.73 Å². The van der Waals surface area contributed by atoms with E-state index < -0.39 is 0 Å². The van der Waals surface area contributed by atoms with Crippen molar-refractivity contribution in [2.75, 3.05) is 11.5 Å². The number of rotatable bonds is 8. The zero-order valence-electron chi connectivity index (χ0n) is 10.6. The van der Waals surface area contributed by atoms with E-state index in [1.165, 1.54) is 17.9 Å². The summed E-state index contributed by atoms with van der Waals surface area (Å²) >= 11 is 2.03. The van der Waals surface area contributed by atoms with Crippen LogP contribution in [-0.4, -0.2) is 17.3 Å². The lowest BCUT2D eigenvalue weighted by Crippen LogP contribution is -2.30. The Morgan fingerprint density at radius 1 is 1.47 bits per heavy atom. The minimum atomic E-state index is -0.114. The van der Waals surface area contributed by atoms with Crippen molar-refractivity contribution in [3.63, 3.8) is 0 Å². The fourth-order valence-electron chi connectivity index (χ4n) is 1.15. The molecule has 0 rings (SSSR count). The summed E-state index contributed by atoms with van der Waals surface area (Å²) in [6.45, 7) is 8.64. The van der Waals surface area contributed by atoms with E-state index in [0.717, 1.165) is 18.8 Å². The summed E-state index contributed by atoms with van der Waals surface area (Å²) in [5.41, 5.74) is 5.42. The van der Waals surface area contributed by atoms with Crippen molar-refractivity contribution in [2.24, 2.45) is 17.1 Å². The fraction of sp³-hybridized carbons (Fsp3) is 0.917. The summed E-state index contributed by atoms with van der Waals surface area (Å²) in [6.07, 6.45) is 3.45. The fourth-order valence-corrected chi connectivity index (χ4v) is 2.31. The zero-order chi connectivity index (χ0) is 11.9. The van der Waals surface area contributed by atoms with Gasteiger partial charge >= 0.3 is 0 Å². The first-order valence-corrected chi connectivity index (χ1v) is 6.98. The second kappa shape index (κ2) is 7.15. The molecular formula is C12H26N2S. The second-order valence-electron chi connectivity index (χ2n) is 4.99. The summed E-state index contributed by atoms with van der Waals surface area (Å²) in [4.78, 5) is 0. The Morgan fingerprint density at radius 2 is 2.07 bits per heavy atom. The molecule has 0 saturated heterocycles. The van der Waals surface area contributed by atoms with Crippen LogP contribution in [0.4, 0.5) is 0 Å². The summed E-state index contributed by atoms with van der Waals surface area (Å²) in [5.74, 6) is 3.60. The smallest absolute Gasteiger partial charge is 0.0963 e. The highest BCUT2D eigenvalue weighted by Gasteiger charge is 2.20. The Hall–Kier alpha value is -0.180. The molecule has 0 spiro atoms. The van der Waals surface area contributed by atoms with Crippen molar-refractivity contribution >= 4 is 17.6 Å². The highest BCUT2D eigenvalue weighted by atomic mass is 32.2. The molecular weight excluding hydrogens is 204 g/mol. The number of hydrogen-bond donors (Lipinski definition) is 2. The third kappa shape index (κ3) is 6.82. The first-order valence-electron chi connectivity index (χ1n) is 5.82. The average Bonchev–Trinajstić information content (AvgIpc) is 2.16. The Bertz CT molecular complexity index is 190. The molecule has 1 atom stereocenters. The average molecular weight is 230 g/mol. The van der Waals surface area contributed by atoms with Gasteiger partial charge in [-0.3, -0.25) is 5.41 Å². The first-order chi connectivity index (χ1) is 6.90. The van der Waals surface area contributed by atoms with Gasteiger partial charge in [-0.1, -0.05) is 34.1 Å². The summed E-state index contributed by atoms with van der Waals surface area (Å²) in [7, 11) is 0. The van der Waals surface area contributed by atoms with Crippen LogP contribution in [-0.2, 0) is 0 Å². The van der Waals surface area contributed by atoms with Gasteiger partial charge in [0.2, 0.25) is 0 Å². The van der Waals surface area contributed by atoms with E-state index in [1.54, 1.807) is 0 Å². The van der Waals surface area contributed by atoms with E-state index >= 15 is 0 Å². The van der Waals surface area contributed by atoms with Gasteiger partial charge in [0.05, 0.1) is 5.84 Å². The largest absolute Gasteiger partial charge is 0.387 e. The number of amidine groups is 1. The molecule has 0 fully saturated rings. The molecule has 0 aromatic carbocycles. The third-order valence-corrected chi connectivity index (χ3v) is 4.30. The maximum atomic E-state index is 7.45. The molecule has 0 aliphatic carbocycles. The molecule has 15 heavy (non-hydrogen) atoms. The maximum absolute atomic E-state index is 7.45. The van der Waals surface area contributed by atoms with Crippen LogP contribution in [0, 0.1) is 16.7 Å². The highest BCUT2D eigenvalue weighted by Crippen LogP contribution is 2.23. The minimum Gasteiger partial charge on any atom is -0.387 e. The Morgan fingerprint density at radius 3 is 2.53 bits per heavy atom. The van der Waals surface area contributed by atoms with E-state index in [4.69, 9.17) is 11.1 Å². The van der Waals surface area contributed by atoms with E-state index in [-0.39, 0.29) is 5.41 Å². The maximum Gasteiger partial charge on any atom is 0.0963 e. The van der Waals surface area contributed by atoms with Gasteiger partial charge in [0, 0.05) is 5.41 Å². The molecule has 0 aliphatic rings. The second-order valence-corrected chi connectivity index (χ2v) is 6.14. The van der Waals surface area contributed by atoms with E-state index in [9.17, 15) is 0 Å². The van der Waals surface area contributed by atoms with Crippen molar-refractivity contribution < 1.29 is 0 Å². The molecule has 0 heterocycles. The van der Waals surface area contributed by atoms with Gasteiger partial charge < -0.3 is 5.73 Å². The molecule has 90 valence electrons. The first kappa shape index (κ1) is 14.8. The molecule has 0 saturated carbocycles. The number of nitrogens with one attached hydrogen (secondary N) is 1. The minimum absolute atomic E-state index is 0.114. The summed E-state index contributed by atoms with van der Waals surface area (Å²) in [5, 5.41) is 7.45. The normalized spacial score (nSPS) is 13.9. The number of thioether (sulfide) groups is 1.